The van der Waals surface area contributed by atoms with E-state index in [1.807, 2.05) is 36.4 Å². The number of hydrogen-bond acceptors (Lipinski definition) is 5. The molecule has 3 aromatic rings. The van der Waals surface area contributed by atoms with E-state index >= 15 is 4.39 Å². The standard InChI is InChI=1S/C28H36FN3O2Si/c1-28(2,3)35(4,5)34-16-15-31-11-13-32(14-12-31)27-10-9-22(18-25(27)29)23-7-6-8-26-24(23)17-21(20-33)19-30-26/h6-10,17-20H,11-16H2,1-5H3. The molecule has 1 aromatic heterocycles. The molecule has 1 fully saturated rings. The maximum absolute atomic E-state index is 15.3. The van der Waals surface area contributed by atoms with E-state index in [9.17, 15) is 4.79 Å². The average Bonchev–Trinajstić information content (AvgIpc) is 2.83. The smallest absolute Gasteiger partial charge is 0.192 e. The largest absolute Gasteiger partial charge is 0.416 e. The van der Waals surface area contributed by atoms with E-state index in [1.54, 1.807) is 12.3 Å². The summed E-state index contributed by atoms with van der Waals surface area (Å²) in [5.41, 5.74) is 3.58. The molecular formula is C28H36FN3O2Si. The van der Waals surface area contributed by atoms with Crippen LogP contribution in [0.2, 0.25) is 18.1 Å². The lowest BCUT2D eigenvalue weighted by molar-refractivity contribution is 0.112. The monoisotopic (exact) mass is 493 g/mol. The number of fused-ring (bicyclic) bond motifs is 1. The van der Waals surface area contributed by atoms with Gasteiger partial charge >= 0.3 is 0 Å². The molecule has 5 nitrogen and oxygen atoms in total. The second-order valence-electron chi connectivity index (χ2n) is 10.9. The van der Waals surface area contributed by atoms with Crippen LogP contribution in [0, 0.1) is 5.82 Å². The van der Waals surface area contributed by atoms with Crippen LogP contribution in [0.1, 0.15) is 31.1 Å². The molecule has 4 rings (SSSR count). The molecule has 7 heteroatoms. The van der Waals surface area contributed by atoms with Crippen LogP contribution in [0.3, 0.4) is 0 Å². The van der Waals surface area contributed by atoms with Gasteiger partial charge in [-0.15, -0.1) is 0 Å². The van der Waals surface area contributed by atoms with Gasteiger partial charge in [0.2, 0.25) is 0 Å². The molecule has 0 aliphatic carbocycles. The molecule has 1 aliphatic heterocycles. The Balaban J connectivity index is 1.41. The van der Waals surface area contributed by atoms with Crippen molar-refractivity contribution in [1.29, 1.82) is 0 Å². The Morgan fingerprint density at radius 2 is 1.83 bits per heavy atom. The summed E-state index contributed by atoms with van der Waals surface area (Å²) in [6.45, 7) is 16.4. The van der Waals surface area contributed by atoms with Gasteiger partial charge in [0.05, 0.1) is 11.2 Å². The number of carbonyl (C=O) groups is 1. The molecule has 0 unspecified atom stereocenters. The summed E-state index contributed by atoms with van der Waals surface area (Å²) in [5, 5.41) is 1.06. The molecule has 0 bridgehead atoms. The molecule has 0 atom stereocenters. The van der Waals surface area contributed by atoms with E-state index in [4.69, 9.17) is 4.43 Å². The molecule has 186 valence electrons. The van der Waals surface area contributed by atoms with Gasteiger partial charge in [0.1, 0.15) is 5.82 Å². The fourth-order valence-electron chi connectivity index (χ4n) is 4.27. The van der Waals surface area contributed by atoms with Crippen LogP contribution in [0.15, 0.2) is 48.7 Å². The van der Waals surface area contributed by atoms with Crippen LogP contribution in [0.5, 0.6) is 0 Å². The van der Waals surface area contributed by atoms with Crippen LogP contribution < -0.4 is 4.90 Å². The zero-order valence-electron chi connectivity index (χ0n) is 21.5. The second-order valence-corrected chi connectivity index (χ2v) is 15.7. The molecule has 0 saturated carbocycles. The molecule has 1 aliphatic rings. The van der Waals surface area contributed by atoms with Crippen molar-refractivity contribution >= 4 is 31.2 Å². The number of carbonyl (C=O) groups excluding carboxylic acids is 1. The summed E-state index contributed by atoms with van der Waals surface area (Å²) < 4.78 is 21.6. The van der Waals surface area contributed by atoms with Crippen LogP contribution >= 0.6 is 0 Å². The molecule has 35 heavy (non-hydrogen) atoms. The maximum atomic E-state index is 15.3. The van der Waals surface area contributed by atoms with Gasteiger partial charge in [0.25, 0.3) is 0 Å². The van der Waals surface area contributed by atoms with Crippen LogP contribution in [-0.2, 0) is 4.43 Å². The highest BCUT2D eigenvalue weighted by atomic mass is 28.4. The highest BCUT2D eigenvalue weighted by Gasteiger charge is 2.37. The number of nitrogens with zero attached hydrogens (tertiary/aromatic N) is 3. The second kappa shape index (κ2) is 10.2. The minimum atomic E-state index is -1.73. The van der Waals surface area contributed by atoms with Crippen molar-refractivity contribution < 1.29 is 13.6 Å². The van der Waals surface area contributed by atoms with Gasteiger partial charge < -0.3 is 9.33 Å². The average molecular weight is 494 g/mol. The van der Waals surface area contributed by atoms with Gasteiger partial charge in [0.15, 0.2) is 14.6 Å². The first-order valence-electron chi connectivity index (χ1n) is 12.3. The van der Waals surface area contributed by atoms with Crippen molar-refractivity contribution in [3.8, 4) is 11.1 Å². The SMILES string of the molecule is CC(C)(C)[Si](C)(C)OCCN1CCN(c2ccc(-c3cccc4ncc(C=O)cc34)cc2F)CC1. The number of hydrogen-bond donors (Lipinski definition) is 0. The number of pyridine rings is 1. The minimum Gasteiger partial charge on any atom is -0.416 e. The normalized spacial score (nSPS) is 15.5. The van der Waals surface area contributed by atoms with Gasteiger partial charge in [0, 0.05) is 56.5 Å². The highest BCUT2D eigenvalue weighted by Crippen LogP contribution is 2.36. The fraction of sp³-hybridized carbons (Fsp3) is 0.429. The Kier molecular flexibility index (Phi) is 7.40. The molecule has 2 heterocycles. The summed E-state index contributed by atoms with van der Waals surface area (Å²) in [5.74, 6) is -0.228. The lowest BCUT2D eigenvalue weighted by Crippen LogP contribution is -2.49. The Morgan fingerprint density at radius 3 is 2.49 bits per heavy atom. The van der Waals surface area contributed by atoms with Gasteiger partial charge in [-0.3, -0.25) is 14.7 Å². The number of aromatic nitrogens is 1. The fourth-order valence-corrected chi connectivity index (χ4v) is 5.31. The Morgan fingerprint density at radius 1 is 1.09 bits per heavy atom. The molecule has 1 saturated heterocycles. The predicted molar refractivity (Wildman–Crippen MR) is 144 cm³/mol. The van der Waals surface area contributed by atoms with Crippen molar-refractivity contribution in [1.82, 2.24) is 9.88 Å². The zero-order valence-corrected chi connectivity index (χ0v) is 22.5. The minimum absolute atomic E-state index is 0.217. The van der Waals surface area contributed by atoms with Crippen molar-refractivity contribution in [2.45, 2.75) is 38.9 Å². The summed E-state index contributed by atoms with van der Waals surface area (Å²) in [6.07, 6.45) is 2.34. The first kappa shape index (κ1) is 25.5. The molecule has 2 aromatic carbocycles. The number of anilines is 1. The molecule has 0 amide bonds. The van der Waals surface area contributed by atoms with Crippen LogP contribution in [0.25, 0.3) is 22.0 Å². The molecular weight excluding hydrogens is 457 g/mol. The zero-order chi connectivity index (χ0) is 25.2. The Hall–Kier alpha value is -2.61. The van der Waals surface area contributed by atoms with E-state index in [-0.39, 0.29) is 10.9 Å². The summed E-state index contributed by atoms with van der Waals surface area (Å²) in [7, 11) is -1.73. The van der Waals surface area contributed by atoms with Crippen LogP contribution in [0.4, 0.5) is 10.1 Å². The summed E-state index contributed by atoms with van der Waals surface area (Å²) in [6, 6.07) is 13.0. The third-order valence-electron chi connectivity index (χ3n) is 7.53. The van der Waals surface area contributed by atoms with E-state index < -0.39 is 8.32 Å². The summed E-state index contributed by atoms with van der Waals surface area (Å²) in [4.78, 5) is 20.1. The number of aldehydes is 1. The van der Waals surface area contributed by atoms with E-state index in [1.165, 1.54) is 0 Å². The molecule has 0 radical (unpaired) electrons. The molecule has 0 N–H and O–H groups in total. The topological polar surface area (TPSA) is 45.7 Å². The lowest BCUT2D eigenvalue weighted by Gasteiger charge is -2.39. The van der Waals surface area contributed by atoms with Gasteiger partial charge in [-0.2, -0.15) is 0 Å². The summed E-state index contributed by atoms with van der Waals surface area (Å²) >= 11 is 0. The third-order valence-corrected chi connectivity index (χ3v) is 12.1. The van der Waals surface area contributed by atoms with Gasteiger partial charge in [-0.25, -0.2) is 4.39 Å². The Labute approximate surface area is 209 Å². The quantitative estimate of drug-likeness (QED) is 0.298. The van der Waals surface area contributed by atoms with Crippen molar-refractivity contribution in [2.24, 2.45) is 0 Å². The van der Waals surface area contributed by atoms with E-state index in [0.717, 1.165) is 67.6 Å². The maximum Gasteiger partial charge on any atom is 0.192 e. The molecule has 0 spiro atoms. The van der Waals surface area contributed by atoms with Gasteiger partial charge in [-0.05, 0) is 53.5 Å². The lowest BCUT2D eigenvalue weighted by atomic mass is 9.99. The van der Waals surface area contributed by atoms with Crippen molar-refractivity contribution in [2.75, 3.05) is 44.2 Å². The van der Waals surface area contributed by atoms with Crippen molar-refractivity contribution in [3.63, 3.8) is 0 Å². The van der Waals surface area contributed by atoms with Crippen molar-refractivity contribution in [3.05, 3.63) is 60.0 Å². The number of rotatable bonds is 7. The Bertz CT molecular complexity index is 1200. The number of halogens is 1. The predicted octanol–water partition coefficient (Wildman–Crippen LogP) is 6.00. The third kappa shape index (κ3) is 5.63. The highest BCUT2D eigenvalue weighted by molar-refractivity contribution is 6.74. The van der Waals surface area contributed by atoms with E-state index in [0.29, 0.717) is 11.3 Å². The number of benzene rings is 2. The number of piperazine rings is 1. The first-order chi connectivity index (χ1) is 16.6. The van der Waals surface area contributed by atoms with Crippen LogP contribution in [-0.4, -0.2) is 63.8 Å². The first-order valence-corrected chi connectivity index (χ1v) is 15.2. The van der Waals surface area contributed by atoms with E-state index in [2.05, 4.69) is 48.6 Å². The van der Waals surface area contributed by atoms with Gasteiger partial charge in [-0.1, -0.05) is 39.0 Å².